The zero-order valence-corrected chi connectivity index (χ0v) is 14.3. The second-order valence-corrected chi connectivity index (χ2v) is 7.10. The van der Waals surface area contributed by atoms with Crippen molar-refractivity contribution in [2.24, 2.45) is 0 Å². The van der Waals surface area contributed by atoms with Gasteiger partial charge in [-0.3, -0.25) is 0 Å². The van der Waals surface area contributed by atoms with Gasteiger partial charge in [-0.15, -0.1) is 11.8 Å². The fraction of sp³-hybridized carbons (Fsp3) is 0.579. The Bertz CT molecular complexity index is 435. The van der Waals surface area contributed by atoms with Gasteiger partial charge in [0.15, 0.2) is 0 Å². The fourth-order valence-electron chi connectivity index (χ4n) is 2.98. The molecule has 2 rings (SSSR count). The SMILES string of the molecule is CCCNC(C1=CCCCCC1)c1ccc(SCC)cc1. The van der Waals surface area contributed by atoms with Crippen molar-refractivity contribution in [1.29, 1.82) is 0 Å². The zero-order valence-electron chi connectivity index (χ0n) is 13.5. The van der Waals surface area contributed by atoms with Gasteiger partial charge in [-0.1, -0.05) is 44.1 Å². The zero-order chi connectivity index (χ0) is 14.9. The Hall–Kier alpha value is -0.730. The highest BCUT2D eigenvalue weighted by atomic mass is 32.2. The van der Waals surface area contributed by atoms with E-state index in [0.29, 0.717) is 6.04 Å². The molecule has 116 valence electrons. The molecule has 1 unspecified atom stereocenters. The van der Waals surface area contributed by atoms with Crippen molar-refractivity contribution in [3.8, 4) is 0 Å². The van der Waals surface area contributed by atoms with Crippen LogP contribution in [0.1, 0.15) is 64.0 Å². The first-order chi connectivity index (χ1) is 10.3. The number of allylic oxidation sites excluding steroid dienone is 1. The highest BCUT2D eigenvalue weighted by molar-refractivity contribution is 7.99. The first-order valence-electron chi connectivity index (χ1n) is 8.50. The number of thioether (sulfide) groups is 1. The molecule has 1 aliphatic carbocycles. The Balaban J connectivity index is 2.15. The first kappa shape index (κ1) is 16.6. The Morgan fingerprint density at radius 2 is 1.90 bits per heavy atom. The molecular weight excluding hydrogens is 274 g/mol. The largest absolute Gasteiger partial charge is 0.307 e. The van der Waals surface area contributed by atoms with E-state index in [1.807, 2.05) is 11.8 Å². The van der Waals surface area contributed by atoms with E-state index < -0.39 is 0 Å². The van der Waals surface area contributed by atoms with Gasteiger partial charge in [0, 0.05) is 4.90 Å². The van der Waals surface area contributed by atoms with Crippen LogP contribution in [0, 0.1) is 0 Å². The molecule has 1 aromatic carbocycles. The van der Waals surface area contributed by atoms with Crippen LogP contribution in [0.2, 0.25) is 0 Å². The number of benzene rings is 1. The van der Waals surface area contributed by atoms with Crippen LogP contribution in [0.15, 0.2) is 40.8 Å². The average Bonchev–Trinajstić information content (AvgIpc) is 2.79. The summed E-state index contributed by atoms with van der Waals surface area (Å²) in [5, 5.41) is 3.76. The van der Waals surface area contributed by atoms with E-state index in [-0.39, 0.29) is 0 Å². The third-order valence-electron chi connectivity index (χ3n) is 4.07. The van der Waals surface area contributed by atoms with Crippen molar-refractivity contribution in [3.63, 3.8) is 0 Å². The Kier molecular flexibility index (Phi) is 7.38. The second-order valence-electron chi connectivity index (χ2n) is 5.77. The minimum atomic E-state index is 0.420. The predicted molar refractivity (Wildman–Crippen MR) is 95.0 cm³/mol. The Morgan fingerprint density at radius 1 is 1.10 bits per heavy atom. The van der Waals surface area contributed by atoms with E-state index in [1.165, 1.54) is 49.0 Å². The molecule has 21 heavy (non-hydrogen) atoms. The van der Waals surface area contributed by atoms with Crippen LogP contribution in [-0.2, 0) is 0 Å². The summed E-state index contributed by atoms with van der Waals surface area (Å²) >= 11 is 1.92. The highest BCUT2D eigenvalue weighted by Gasteiger charge is 2.16. The number of hydrogen-bond acceptors (Lipinski definition) is 2. The van der Waals surface area contributed by atoms with E-state index in [1.54, 1.807) is 5.57 Å². The van der Waals surface area contributed by atoms with E-state index in [2.05, 4.69) is 49.5 Å². The van der Waals surface area contributed by atoms with Crippen molar-refractivity contribution in [3.05, 3.63) is 41.5 Å². The van der Waals surface area contributed by atoms with Gasteiger partial charge in [-0.25, -0.2) is 0 Å². The van der Waals surface area contributed by atoms with Crippen LogP contribution in [0.5, 0.6) is 0 Å². The molecule has 0 radical (unpaired) electrons. The third kappa shape index (κ3) is 5.19. The van der Waals surface area contributed by atoms with Crippen molar-refractivity contribution >= 4 is 11.8 Å². The molecule has 1 atom stereocenters. The molecule has 0 fully saturated rings. The van der Waals surface area contributed by atoms with Crippen LogP contribution < -0.4 is 5.32 Å². The minimum absolute atomic E-state index is 0.420. The summed E-state index contributed by atoms with van der Waals surface area (Å²) < 4.78 is 0. The minimum Gasteiger partial charge on any atom is -0.307 e. The van der Waals surface area contributed by atoms with E-state index >= 15 is 0 Å². The molecule has 0 bridgehead atoms. The predicted octanol–water partition coefficient (Wildman–Crippen LogP) is 5.73. The van der Waals surface area contributed by atoms with Crippen LogP contribution in [-0.4, -0.2) is 12.3 Å². The summed E-state index contributed by atoms with van der Waals surface area (Å²) in [6, 6.07) is 9.61. The van der Waals surface area contributed by atoms with Gasteiger partial charge in [0.05, 0.1) is 6.04 Å². The monoisotopic (exact) mass is 303 g/mol. The smallest absolute Gasteiger partial charge is 0.0536 e. The second kappa shape index (κ2) is 9.32. The molecular formula is C19H29NS. The van der Waals surface area contributed by atoms with Crippen molar-refractivity contribution in [1.82, 2.24) is 5.32 Å². The van der Waals surface area contributed by atoms with Gasteiger partial charge < -0.3 is 5.32 Å². The molecule has 0 aliphatic heterocycles. The normalized spacial score (nSPS) is 17.1. The Morgan fingerprint density at radius 3 is 2.62 bits per heavy atom. The maximum atomic E-state index is 3.76. The van der Waals surface area contributed by atoms with E-state index in [9.17, 15) is 0 Å². The van der Waals surface area contributed by atoms with Crippen LogP contribution in [0.4, 0.5) is 0 Å². The lowest BCUT2D eigenvalue weighted by molar-refractivity contribution is 0.567. The summed E-state index contributed by atoms with van der Waals surface area (Å²) in [5.74, 6) is 1.14. The quantitative estimate of drug-likeness (QED) is 0.510. The molecule has 1 N–H and O–H groups in total. The third-order valence-corrected chi connectivity index (χ3v) is 4.96. The molecule has 0 heterocycles. The van der Waals surface area contributed by atoms with E-state index in [4.69, 9.17) is 0 Å². The molecule has 1 aromatic rings. The molecule has 0 aromatic heterocycles. The summed E-state index contributed by atoms with van der Waals surface area (Å²) in [7, 11) is 0. The summed E-state index contributed by atoms with van der Waals surface area (Å²) in [6.45, 7) is 5.54. The fourth-order valence-corrected chi connectivity index (χ4v) is 3.64. The number of hydrogen-bond donors (Lipinski definition) is 1. The molecule has 0 saturated heterocycles. The van der Waals surface area contributed by atoms with Crippen molar-refractivity contribution in [2.45, 2.75) is 63.3 Å². The number of nitrogens with one attached hydrogen (secondary N) is 1. The topological polar surface area (TPSA) is 12.0 Å². The van der Waals surface area contributed by atoms with Crippen molar-refractivity contribution in [2.75, 3.05) is 12.3 Å². The molecule has 1 aliphatic rings. The molecule has 0 saturated carbocycles. The molecule has 0 amide bonds. The van der Waals surface area contributed by atoms with Gasteiger partial charge in [0.2, 0.25) is 0 Å². The average molecular weight is 304 g/mol. The van der Waals surface area contributed by atoms with Crippen LogP contribution in [0.3, 0.4) is 0 Å². The maximum absolute atomic E-state index is 3.76. The number of rotatable bonds is 7. The maximum Gasteiger partial charge on any atom is 0.0536 e. The highest BCUT2D eigenvalue weighted by Crippen LogP contribution is 2.30. The lowest BCUT2D eigenvalue weighted by Crippen LogP contribution is -2.24. The first-order valence-corrected chi connectivity index (χ1v) is 9.48. The van der Waals surface area contributed by atoms with Gasteiger partial charge in [0.25, 0.3) is 0 Å². The Labute approximate surface area is 134 Å². The molecule has 1 nitrogen and oxygen atoms in total. The van der Waals surface area contributed by atoms with Gasteiger partial charge in [-0.05, 0) is 62.1 Å². The molecule has 0 spiro atoms. The summed E-state index contributed by atoms with van der Waals surface area (Å²) in [6.07, 6.45) is 10.3. The lowest BCUT2D eigenvalue weighted by atomic mass is 9.95. The van der Waals surface area contributed by atoms with E-state index in [0.717, 1.165) is 12.3 Å². The molecule has 2 heteroatoms. The van der Waals surface area contributed by atoms with Gasteiger partial charge >= 0.3 is 0 Å². The van der Waals surface area contributed by atoms with Gasteiger partial charge in [-0.2, -0.15) is 0 Å². The van der Waals surface area contributed by atoms with Crippen LogP contribution >= 0.6 is 11.8 Å². The van der Waals surface area contributed by atoms with Gasteiger partial charge in [0.1, 0.15) is 0 Å². The summed E-state index contributed by atoms with van der Waals surface area (Å²) in [5.41, 5.74) is 3.04. The van der Waals surface area contributed by atoms with Crippen LogP contribution in [0.25, 0.3) is 0 Å². The van der Waals surface area contributed by atoms with Crippen molar-refractivity contribution < 1.29 is 0 Å². The standard InChI is InChI=1S/C19H29NS/c1-3-15-20-19(16-9-7-5-6-8-10-16)17-11-13-18(14-12-17)21-4-2/h9,11-14,19-20H,3-8,10,15H2,1-2H3. The summed E-state index contributed by atoms with van der Waals surface area (Å²) in [4.78, 5) is 1.38. The lowest BCUT2D eigenvalue weighted by Gasteiger charge is -2.22.